The molecule has 0 amide bonds. The largest absolute Gasteiger partial charge is 0.443 e. The third-order valence-electron chi connectivity index (χ3n) is 2.93. The van der Waals surface area contributed by atoms with Crippen LogP contribution in [0.5, 0.6) is 0 Å². The van der Waals surface area contributed by atoms with Crippen molar-refractivity contribution in [2.45, 2.75) is 46.2 Å². The molecule has 0 saturated heterocycles. The van der Waals surface area contributed by atoms with Gasteiger partial charge in [-0.15, -0.1) is 24.0 Å². The van der Waals surface area contributed by atoms with Gasteiger partial charge in [-0.3, -0.25) is 0 Å². The van der Waals surface area contributed by atoms with Gasteiger partial charge in [0.25, 0.3) is 0 Å². The highest BCUT2D eigenvalue weighted by Gasteiger charge is 2.19. The van der Waals surface area contributed by atoms with Gasteiger partial charge in [-0.2, -0.15) is 0 Å². The van der Waals surface area contributed by atoms with E-state index in [2.05, 4.69) is 46.5 Å². The van der Waals surface area contributed by atoms with Crippen LogP contribution in [0, 0.1) is 0 Å². The maximum absolute atomic E-state index is 5.74. The van der Waals surface area contributed by atoms with Crippen LogP contribution in [0.15, 0.2) is 32.5 Å². The van der Waals surface area contributed by atoms with Crippen molar-refractivity contribution in [3.8, 4) is 0 Å². The highest BCUT2D eigenvalue weighted by atomic mass is 127. The van der Waals surface area contributed by atoms with Crippen LogP contribution in [0.1, 0.15) is 45.0 Å². The first-order valence-electron chi connectivity index (χ1n) is 7.35. The average molecular weight is 433 g/mol. The van der Waals surface area contributed by atoms with Crippen LogP contribution in [0.4, 0.5) is 0 Å². The fraction of sp³-hybridized carbons (Fsp3) is 0.533. The molecule has 128 valence electrons. The summed E-state index contributed by atoms with van der Waals surface area (Å²) in [6.07, 6.45) is 3.31. The Kier molecular flexibility index (Phi) is 7.53. The summed E-state index contributed by atoms with van der Waals surface area (Å²) in [6, 6.07) is 1.79. The molecule has 2 aromatic rings. The normalized spacial score (nSPS) is 11.9. The van der Waals surface area contributed by atoms with Crippen molar-refractivity contribution < 1.29 is 8.94 Å². The summed E-state index contributed by atoms with van der Waals surface area (Å²) < 4.78 is 10.5. The van der Waals surface area contributed by atoms with Crippen LogP contribution in [-0.2, 0) is 18.5 Å². The Labute approximate surface area is 153 Å². The first-order chi connectivity index (χ1) is 10.5. The van der Waals surface area contributed by atoms with Crippen molar-refractivity contribution in [1.82, 2.24) is 20.8 Å². The van der Waals surface area contributed by atoms with E-state index in [1.165, 1.54) is 6.26 Å². The SMILES string of the molecule is CCNC(=NCc1ccon1)NCc1ncc(C(C)(C)C)o1.I. The van der Waals surface area contributed by atoms with Gasteiger partial charge < -0.3 is 19.6 Å². The van der Waals surface area contributed by atoms with Gasteiger partial charge in [0.15, 0.2) is 5.96 Å². The fourth-order valence-corrected chi connectivity index (χ4v) is 1.72. The molecule has 0 unspecified atom stereocenters. The lowest BCUT2D eigenvalue weighted by Crippen LogP contribution is -2.36. The van der Waals surface area contributed by atoms with Gasteiger partial charge >= 0.3 is 0 Å². The Balaban J connectivity index is 0.00000264. The molecule has 0 spiro atoms. The van der Waals surface area contributed by atoms with Crippen molar-refractivity contribution in [2.75, 3.05) is 6.54 Å². The minimum Gasteiger partial charge on any atom is -0.443 e. The van der Waals surface area contributed by atoms with E-state index in [1.807, 2.05) is 6.92 Å². The summed E-state index contributed by atoms with van der Waals surface area (Å²) in [6.45, 7) is 9.97. The van der Waals surface area contributed by atoms with Crippen LogP contribution in [0.25, 0.3) is 0 Å². The van der Waals surface area contributed by atoms with Crippen molar-refractivity contribution in [2.24, 2.45) is 4.99 Å². The quantitative estimate of drug-likeness (QED) is 0.429. The van der Waals surface area contributed by atoms with Crippen molar-refractivity contribution in [1.29, 1.82) is 0 Å². The van der Waals surface area contributed by atoms with Crippen molar-refractivity contribution in [3.63, 3.8) is 0 Å². The molecule has 0 aliphatic rings. The molecule has 0 aromatic carbocycles. The number of rotatable bonds is 5. The lowest BCUT2D eigenvalue weighted by molar-refractivity contribution is 0.379. The summed E-state index contributed by atoms with van der Waals surface area (Å²) in [5.41, 5.74) is 0.736. The number of hydrogen-bond acceptors (Lipinski definition) is 5. The van der Waals surface area contributed by atoms with Gasteiger partial charge in [-0.25, -0.2) is 9.98 Å². The molecule has 2 rings (SSSR count). The van der Waals surface area contributed by atoms with Gasteiger partial charge in [0, 0.05) is 18.0 Å². The lowest BCUT2D eigenvalue weighted by atomic mass is 9.94. The summed E-state index contributed by atoms with van der Waals surface area (Å²) in [4.78, 5) is 8.71. The van der Waals surface area contributed by atoms with Gasteiger partial charge in [0.1, 0.15) is 17.7 Å². The van der Waals surface area contributed by atoms with E-state index in [1.54, 1.807) is 12.3 Å². The van der Waals surface area contributed by atoms with Gasteiger partial charge in [0.05, 0.1) is 19.3 Å². The number of halogens is 1. The van der Waals surface area contributed by atoms with Crippen LogP contribution in [0.2, 0.25) is 0 Å². The molecule has 0 atom stereocenters. The number of hydrogen-bond donors (Lipinski definition) is 2. The van der Waals surface area contributed by atoms with Crippen molar-refractivity contribution in [3.05, 3.63) is 35.9 Å². The third kappa shape index (κ3) is 6.20. The number of nitrogens with zero attached hydrogens (tertiary/aromatic N) is 3. The Morgan fingerprint density at radius 2 is 2.09 bits per heavy atom. The maximum Gasteiger partial charge on any atom is 0.213 e. The molecule has 0 aliphatic heterocycles. The summed E-state index contributed by atoms with van der Waals surface area (Å²) >= 11 is 0. The molecule has 7 nitrogen and oxygen atoms in total. The third-order valence-corrected chi connectivity index (χ3v) is 2.93. The zero-order chi connectivity index (χ0) is 16.0. The van der Waals surface area contributed by atoms with E-state index in [9.17, 15) is 0 Å². The van der Waals surface area contributed by atoms with Crippen LogP contribution < -0.4 is 10.6 Å². The minimum absolute atomic E-state index is 0. The van der Waals surface area contributed by atoms with E-state index < -0.39 is 0 Å². The predicted molar refractivity (Wildman–Crippen MR) is 98.8 cm³/mol. The Bertz CT molecular complexity index is 602. The second-order valence-electron chi connectivity index (χ2n) is 5.91. The van der Waals surface area contributed by atoms with E-state index in [0.29, 0.717) is 24.9 Å². The molecule has 8 heteroatoms. The number of guanidine groups is 1. The smallest absolute Gasteiger partial charge is 0.213 e. The first-order valence-corrected chi connectivity index (χ1v) is 7.35. The molecule has 0 saturated carbocycles. The first kappa shape index (κ1) is 19.5. The number of nitrogens with one attached hydrogen (secondary N) is 2. The molecule has 2 N–H and O–H groups in total. The number of aliphatic imine (C=N–C) groups is 1. The molecule has 0 fully saturated rings. The highest BCUT2D eigenvalue weighted by molar-refractivity contribution is 14.0. The number of oxazole rings is 1. The minimum atomic E-state index is -0.0449. The predicted octanol–water partition coefficient (Wildman–Crippen LogP) is 2.83. The lowest BCUT2D eigenvalue weighted by Gasteiger charge is -2.13. The Morgan fingerprint density at radius 1 is 1.30 bits per heavy atom. The summed E-state index contributed by atoms with van der Waals surface area (Å²) in [7, 11) is 0. The zero-order valence-electron chi connectivity index (χ0n) is 13.9. The summed E-state index contributed by atoms with van der Waals surface area (Å²) in [5.74, 6) is 2.19. The number of aromatic nitrogens is 2. The molecule has 2 heterocycles. The molecule has 0 aliphatic carbocycles. The van der Waals surface area contributed by atoms with E-state index in [-0.39, 0.29) is 29.4 Å². The van der Waals surface area contributed by atoms with Crippen LogP contribution in [0.3, 0.4) is 0 Å². The second-order valence-corrected chi connectivity index (χ2v) is 5.91. The molecular formula is C15H24IN5O2. The van der Waals surface area contributed by atoms with E-state index in [0.717, 1.165) is 18.0 Å². The molecular weight excluding hydrogens is 409 g/mol. The average Bonchev–Trinajstić information content (AvgIpc) is 3.12. The topological polar surface area (TPSA) is 88.5 Å². The van der Waals surface area contributed by atoms with E-state index >= 15 is 0 Å². The van der Waals surface area contributed by atoms with Crippen molar-refractivity contribution >= 4 is 29.9 Å². The standard InChI is InChI=1S/C15H23N5O2.HI/c1-5-16-14(18-8-11-6-7-21-20-11)19-10-13-17-9-12(22-13)15(2,3)4;/h6-7,9H,5,8,10H2,1-4H3,(H2,16,18,19);1H. The van der Waals surface area contributed by atoms with E-state index in [4.69, 9.17) is 8.94 Å². The van der Waals surface area contributed by atoms with Crippen LogP contribution in [-0.4, -0.2) is 22.6 Å². The highest BCUT2D eigenvalue weighted by Crippen LogP contribution is 2.22. The summed E-state index contributed by atoms with van der Waals surface area (Å²) in [5, 5.41) is 10.2. The Hall–Kier alpha value is -1.58. The maximum atomic E-state index is 5.74. The molecule has 0 bridgehead atoms. The zero-order valence-corrected chi connectivity index (χ0v) is 16.3. The second kappa shape index (κ2) is 8.90. The molecule has 23 heavy (non-hydrogen) atoms. The Morgan fingerprint density at radius 3 is 2.65 bits per heavy atom. The molecule has 0 radical (unpaired) electrons. The monoisotopic (exact) mass is 433 g/mol. The van der Waals surface area contributed by atoms with Gasteiger partial charge in [0.2, 0.25) is 5.89 Å². The van der Waals surface area contributed by atoms with Gasteiger partial charge in [-0.1, -0.05) is 25.9 Å². The fourth-order valence-electron chi connectivity index (χ4n) is 1.72. The molecule has 2 aromatic heterocycles. The van der Waals surface area contributed by atoms with Crippen LogP contribution >= 0.6 is 24.0 Å². The van der Waals surface area contributed by atoms with Gasteiger partial charge in [-0.05, 0) is 6.92 Å².